The first kappa shape index (κ1) is 12.0. The van der Waals surface area contributed by atoms with Crippen LogP contribution in [0.3, 0.4) is 0 Å². The smallest absolute Gasteiger partial charge is 0.329 e. The van der Waals surface area contributed by atoms with Crippen LogP contribution in [0.1, 0.15) is 13.3 Å². The Balaban J connectivity index is 2.22. The van der Waals surface area contributed by atoms with Crippen molar-refractivity contribution in [3.63, 3.8) is 0 Å². The highest BCUT2D eigenvalue weighted by Crippen LogP contribution is 2.39. The summed E-state index contributed by atoms with van der Waals surface area (Å²) in [6.07, 6.45) is 2.31. The predicted octanol–water partition coefficient (Wildman–Crippen LogP) is 2.13. The van der Waals surface area contributed by atoms with Crippen molar-refractivity contribution in [2.45, 2.75) is 13.3 Å². The van der Waals surface area contributed by atoms with Gasteiger partial charge in [-0.2, -0.15) is 4.98 Å². The predicted molar refractivity (Wildman–Crippen MR) is 64.2 cm³/mol. The molecule has 0 bridgehead atoms. The van der Waals surface area contributed by atoms with Crippen LogP contribution >= 0.6 is 11.6 Å². The number of nitro groups is 1. The lowest BCUT2D eigenvalue weighted by atomic mass is 10.3. The van der Waals surface area contributed by atoms with Gasteiger partial charge in [0.05, 0.1) is 4.92 Å². The minimum atomic E-state index is -0.488. The molecule has 17 heavy (non-hydrogen) atoms. The second-order valence-electron chi connectivity index (χ2n) is 4.46. The number of anilines is 1. The van der Waals surface area contributed by atoms with Gasteiger partial charge in [0.25, 0.3) is 0 Å². The van der Waals surface area contributed by atoms with Gasteiger partial charge in [-0.1, -0.05) is 6.92 Å². The van der Waals surface area contributed by atoms with E-state index in [-0.39, 0.29) is 16.8 Å². The highest BCUT2D eigenvalue weighted by molar-refractivity contribution is 6.28. The molecule has 0 N–H and O–H groups in total. The molecule has 2 atom stereocenters. The average Bonchev–Trinajstić information content (AvgIpc) is 2.93. The number of halogens is 1. The Labute approximate surface area is 104 Å². The zero-order valence-electron chi connectivity index (χ0n) is 9.63. The fourth-order valence-electron chi connectivity index (χ4n) is 1.85. The van der Waals surface area contributed by atoms with Gasteiger partial charge in [0.2, 0.25) is 11.1 Å². The zero-order valence-corrected chi connectivity index (χ0v) is 10.4. The molecule has 1 fully saturated rings. The van der Waals surface area contributed by atoms with Gasteiger partial charge in [-0.15, -0.1) is 0 Å². The van der Waals surface area contributed by atoms with Crippen molar-refractivity contribution in [3.8, 4) is 0 Å². The first-order valence-corrected chi connectivity index (χ1v) is 5.75. The maximum atomic E-state index is 10.9. The van der Waals surface area contributed by atoms with Gasteiger partial charge in [-0.05, 0) is 29.9 Å². The monoisotopic (exact) mass is 256 g/mol. The highest BCUT2D eigenvalue weighted by Gasteiger charge is 2.34. The van der Waals surface area contributed by atoms with Crippen molar-refractivity contribution in [3.05, 3.63) is 21.6 Å². The van der Waals surface area contributed by atoms with Crippen molar-refractivity contribution in [1.29, 1.82) is 0 Å². The molecule has 1 aliphatic carbocycles. The van der Waals surface area contributed by atoms with Crippen LogP contribution in [0.2, 0.25) is 5.28 Å². The molecule has 0 aliphatic heterocycles. The zero-order chi connectivity index (χ0) is 12.6. The second-order valence-corrected chi connectivity index (χ2v) is 4.80. The van der Waals surface area contributed by atoms with Crippen molar-refractivity contribution < 1.29 is 4.92 Å². The molecule has 92 valence electrons. The highest BCUT2D eigenvalue weighted by atomic mass is 35.5. The van der Waals surface area contributed by atoms with Crippen LogP contribution in [0.15, 0.2) is 6.20 Å². The minimum absolute atomic E-state index is 0.0290. The van der Waals surface area contributed by atoms with Gasteiger partial charge in [-0.3, -0.25) is 10.1 Å². The van der Waals surface area contributed by atoms with Crippen LogP contribution in [-0.4, -0.2) is 28.5 Å². The Morgan fingerprint density at radius 2 is 2.35 bits per heavy atom. The van der Waals surface area contributed by atoms with Crippen LogP contribution in [0.4, 0.5) is 11.5 Å². The molecule has 0 amide bonds. The number of hydrogen-bond donors (Lipinski definition) is 0. The van der Waals surface area contributed by atoms with E-state index in [9.17, 15) is 10.1 Å². The van der Waals surface area contributed by atoms with E-state index in [1.807, 2.05) is 0 Å². The molecule has 1 aromatic rings. The molecule has 2 rings (SSSR count). The number of rotatable bonds is 4. The van der Waals surface area contributed by atoms with Gasteiger partial charge in [0, 0.05) is 13.6 Å². The van der Waals surface area contributed by atoms with Crippen molar-refractivity contribution >= 4 is 23.1 Å². The lowest BCUT2D eigenvalue weighted by Crippen LogP contribution is -2.23. The summed E-state index contributed by atoms with van der Waals surface area (Å²) in [6, 6.07) is 0. The number of nitrogens with zero attached hydrogens (tertiary/aromatic N) is 4. The molecule has 7 heteroatoms. The first-order valence-electron chi connectivity index (χ1n) is 5.37. The Morgan fingerprint density at radius 1 is 1.71 bits per heavy atom. The minimum Gasteiger partial charge on any atom is -0.354 e. The fourth-order valence-corrected chi connectivity index (χ4v) is 1.98. The average molecular weight is 257 g/mol. The van der Waals surface area contributed by atoms with Gasteiger partial charge >= 0.3 is 5.69 Å². The molecule has 1 saturated carbocycles. The fraction of sp³-hybridized carbons (Fsp3) is 0.600. The molecule has 2 unspecified atom stereocenters. The summed E-state index contributed by atoms with van der Waals surface area (Å²) in [5, 5.41) is 10.9. The van der Waals surface area contributed by atoms with E-state index in [1.165, 1.54) is 0 Å². The number of hydrogen-bond acceptors (Lipinski definition) is 5. The van der Waals surface area contributed by atoms with Crippen LogP contribution in [0, 0.1) is 22.0 Å². The summed E-state index contributed by atoms with van der Waals surface area (Å²) < 4.78 is 0. The molecule has 6 nitrogen and oxygen atoms in total. The largest absolute Gasteiger partial charge is 0.354 e. The molecule has 0 aromatic carbocycles. The summed E-state index contributed by atoms with van der Waals surface area (Å²) in [4.78, 5) is 19.7. The third-order valence-electron chi connectivity index (χ3n) is 3.06. The summed E-state index contributed by atoms with van der Waals surface area (Å²) >= 11 is 5.67. The quantitative estimate of drug-likeness (QED) is 0.469. The second kappa shape index (κ2) is 4.44. The van der Waals surface area contributed by atoms with Crippen LogP contribution in [-0.2, 0) is 0 Å². The summed E-state index contributed by atoms with van der Waals surface area (Å²) in [5.74, 6) is 1.57. The van der Waals surface area contributed by atoms with E-state index >= 15 is 0 Å². The van der Waals surface area contributed by atoms with Gasteiger partial charge in [0.1, 0.15) is 6.20 Å². The molecule has 1 aromatic heterocycles. The standard InChI is InChI=1S/C10H13ClN4O2/c1-6-3-7(6)5-14(2)9-8(15(16)17)4-12-10(11)13-9/h4,6-7H,3,5H2,1-2H3. The van der Waals surface area contributed by atoms with Crippen LogP contribution in [0.5, 0.6) is 0 Å². The maximum absolute atomic E-state index is 10.9. The van der Waals surface area contributed by atoms with E-state index in [0.29, 0.717) is 11.8 Å². The maximum Gasteiger partial charge on any atom is 0.329 e. The lowest BCUT2D eigenvalue weighted by Gasteiger charge is -2.17. The summed E-state index contributed by atoms with van der Waals surface area (Å²) in [7, 11) is 1.79. The van der Waals surface area contributed by atoms with Crippen molar-refractivity contribution in [1.82, 2.24) is 9.97 Å². The topological polar surface area (TPSA) is 72.2 Å². The third-order valence-corrected chi connectivity index (χ3v) is 3.25. The van der Waals surface area contributed by atoms with E-state index in [2.05, 4.69) is 16.9 Å². The number of aromatic nitrogens is 2. The van der Waals surface area contributed by atoms with Crippen LogP contribution in [0.25, 0.3) is 0 Å². The molecular weight excluding hydrogens is 244 g/mol. The van der Waals surface area contributed by atoms with E-state index < -0.39 is 4.92 Å². The third kappa shape index (κ3) is 2.63. The lowest BCUT2D eigenvalue weighted by molar-refractivity contribution is -0.384. The Morgan fingerprint density at radius 3 is 2.88 bits per heavy atom. The molecule has 1 aliphatic rings. The van der Waals surface area contributed by atoms with Crippen molar-refractivity contribution in [2.24, 2.45) is 11.8 Å². The Hall–Kier alpha value is -1.43. The van der Waals surface area contributed by atoms with Gasteiger partial charge in [0.15, 0.2) is 0 Å². The van der Waals surface area contributed by atoms with Crippen LogP contribution < -0.4 is 4.90 Å². The van der Waals surface area contributed by atoms with Crippen molar-refractivity contribution in [2.75, 3.05) is 18.5 Å². The molecule has 1 heterocycles. The summed E-state index contributed by atoms with van der Waals surface area (Å²) in [6.45, 7) is 2.93. The van der Waals surface area contributed by atoms with E-state index in [1.54, 1.807) is 11.9 Å². The first-order chi connectivity index (χ1) is 7.99. The normalized spacial score (nSPS) is 22.3. The van der Waals surface area contributed by atoms with E-state index in [0.717, 1.165) is 19.2 Å². The Kier molecular flexibility index (Phi) is 3.15. The van der Waals surface area contributed by atoms with Gasteiger partial charge in [-0.25, -0.2) is 4.98 Å². The molecule has 0 radical (unpaired) electrons. The SMILES string of the molecule is CC1CC1CN(C)c1nc(Cl)ncc1[N+](=O)[O-]. The summed E-state index contributed by atoms with van der Waals surface area (Å²) in [5.41, 5.74) is -0.106. The molecule has 0 spiro atoms. The molecular formula is C10H13ClN4O2. The Bertz CT molecular complexity index is 454. The van der Waals surface area contributed by atoms with Gasteiger partial charge < -0.3 is 4.90 Å². The molecule has 0 saturated heterocycles. The van der Waals surface area contributed by atoms with E-state index in [4.69, 9.17) is 11.6 Å².